The SMILES string of the molecule is CCOC(=O)c1c(CNC(=O)OC(C)(C)C)ccn1S(=O)(=O)c1ccc(C)cc1. The number of amides is 1. The smallest absolute Gasteiger partial charge is 0.407 e. The van der Waals surface area contributed by atoms with Gasteiger partial charge in [-0.25, -0.2) is 22.0 Å². The van der Waals surface area contributed by atoms with E-state index in [1.165, 1.54) is 24.4 Å². The summed E-state index contributed by atoms with van der Waals surface area (Å²) in [5, 5.41) is 2.53. The molecule has 0 aliphatic carbocycles. The molecule has 0 radical (unpaired) electrons. The Hall–Kier alpha value is -2.81. The van der Waals surface area contributed by atoms with Gasteiger partial charge in [0.1, 0.15) is 11.3 Å². The summed E-state index contributed by atoms with van der Waals surface area (Å²) in [4.78, 5) is 24.5. The molecule has 158 valence electrons. The van der Waals surface area contributed by atoms with Gasteiger partial charge in [-0.1, -0.05) is 17.7 Å². The molecule has 0 bridgehead atoms. The number of hydrogen-bond acceptors (Lipinski definition) is 6. The number of aromatic nitrogens is 1. The van der Waals surface area contributed by atoms with Crippen molar-refractivity contribution in [2.24, 2.45) is 0 Å². The van der Waals surface area contributed by atoms with Crippen LogP contribution < -0.4 is 5.32 Å². The highest BCUT2D eigenvalue weighted by Gasteiger charge is 2.27. The molecular weight excluding hydrogens is 396 g/mol. The number of nitrogens with one attached hydrogen (secondary N) is 1. The molecule has 1 amide bonds. The van der Waals surface area contributed by atoms with Crippen LogP contribution in [-0.2, 0) is 26.0 Å². The highest BCUT2D eigenvalue weighted by atomic mass is 32.2. The Labute approximate surface area is 170 Å². The Kier molecular flexibility index (Phi) is 6.73. The molecule has 1 aromatic heterocycles. The van der Waals surface area contributed by atoms with E-state index in [2.05, 4.69) is 5.32 Å². The van der Waals surface area contributed by atoms with Crippen LogP contribution in [0.3, 0.4) is 0 Å². The van der Waals surface area contributed by atoms with Crippen LogP contribution in [0.1, 0.15) is 49.3 Å². The molecule has 0 spiro atoms. The van der Waals surface area contributed by atoms with Crippen molar-refractivity contribution in [1.82, 2.24) is 9.29 Å². The van der Waals surface area contributed by atoms with Gasteiger partial charge in [0.15, 0.2) is 0 Å². The van der Waals surface area contributed by atoms with Gasteiger partial charge in [-0.15, -0.1) is 0 Å². The maximum absolute atomic E-state index is 13.1. The fraction of sp³-hybridized carbons (Fsp3) is 0.400. The molecule has 0 aliphatic rings. The van der Waals surface area contributed by atoms with E-state index in [0.29, 0.717) is 5.56 Å². The lowest BCUT2D eigenvalue weighted by Gasteiger charge is -2.19. The number of aryl methyl sites for hydroxylation is 1. The Morgan fingerprint density at radius 2 is 1.72 bits per heavy atom. The van der Waals surface area contributed by atoms with E-state index in [0.717, 1.165) is 9.54 Å². The second kappa shape index (κ2) is 8.69. The average molecular weight is 423 g/mol. The quantitative estimate of drug-likeness (QED) is 0.717. The highest BCUT2D eigenvalue weighted by Crippen LogP contribution is 2.21. The van der Waals surface area contributed by atoms with E-state index in [1.807, 2.05) is 6.92 Å². The lowest BCUT2D eigenvalue weighted by Crippen LogP contribution is -2.32. The zero-order valence-corrected chi connectivity index (χ0v) is 18.0. The monoisotopic (exact) mass is 422 g/mol. The second-order valence-electron chi connectivity index (χ2n) is 7.38. The first kappa shape index (κ1) is 22.5. The van der Waals surface area contributed by atoms with Crippen molar-refractivity contribution >= 4 is 22.1 Å². The fourth-order valence-electron chi connectivity index (χ4n) is 2.52. The van der Waals surface area contributed by atoms with Crippen LogP contribution in [0.2, 0.25) is 0 Å². The van der Waals surface area contributed by atoms with E-state index in [-0.39, 0.29) is 23.7 Å². The number of alkyl carbamates (subject to hydrolysis) is 1. The summed E-state index contributed by atoms with van der Waals surface area (Å²) in [5.41, 5.74) is 0.354. The summed E-state index contributed by atoms with van der Waals surface area (Å²) < 4.78 is 37.2. The lowest BCUT2D eigenvalue weighted by molar-refractivity contribution is 0.0498. The first-order valence-electron chi connectivity index (χ1n) is 9.12. The minimum absolute atomic E-state index is 0.0379. The summed E-state index contributed by atoms with van der Waals surface area (Å²) in [5.74, 6) is -0.797. The Bertz CT molecular complexity index is 985. The van der Waals surface area contributed by atoms with Gasteiger partial charge in [0.25, 0.3) is 10.0 Å². The molecule has 1 N–H and O–H groups in total. The Morgan fingerprint density at radius 3 is 2.28 bits per heavy atom. The normalized spacial score (nSPS) is 11.8. The zero-order chi connectivity index (χ0) is 21.8. The molecule has 9 heteroatoms. The average Bonchev–Trinajstić information content (AvgIpc) is 3.04. The molecule has 2 rings (SSSR count). The van der Waals surface area contributed by atoms with Crippen molar-refractivity contribution in [3.63, 3.8) is 0 Å². The summed E-state index contributed by atoms with van der Waals surface area (Å²) in [7, 11) is -4.02. The summed E-state index contributed by atoms with van der Waals surface area (Å²) in [6, 6.07) is 7.74. The molecule has 1 heterocycles. The molecular formula is C20H26N2O6S. The molecule has 0 saturated heterocycles. The maximum atomic E-state index is 13.1. The van der Waals surface area contributed by atoms with E-state index in [9.17, 15) is 18.0 Å². The second-order valence-corrected chi connectivity index (χ2v) is 9.19. The molecule has 0 fully saturated rings. The summed E-state index contributed by atoms with van der Waals surface area (Å²) >= 11 is 0. The first-order valence-corrected chi connectivity index (χ1v) is 10.6. The molecule has 0 aliphatic heterocycles. The van der Waals surface area contributed by atoms with Gasteiger partial charge in [-0.3, -0.25) is 0 Å². The van der Waals surface area contributed by atoms with E-state index >= 15 is 0 Å². The number of carbonyl (C=O) groups is 2. The number of ether oxygens (including phenoxy) is 2. The molecule has 29 heavy (non-hydrogen) atoms. The molecule has 8 nitrogen and oxygen atoms in total. The predicted octanol–water partition coefficient (Wildman–Crippen LogP) is 3.23. The topological polar surface area (TPSA) is 104 Å². The van der Waals surface area contributed by atoms with Crippen molar-refractivity contribution in [2.75, 3.05) is 6.61 Å². The maximum Gasteiger partial charge on any atom is 0.407 e. The summed E-state index contributed by atoms with van der Waals surface area (Å²) in [6.07, 6.45) is 0.592. The number of rotatable bonds is 6. The van der Waals surface area contributed by atoms with Crippen molar-refractivity contribution < 1.29 is 27.5 Å². The largest absolute Gasteiger partial charge is 0.461 e. The van der Waals surface area contributed by atoms with Crippen LogP contribution in [0.5, 0.6) is 0 Å². The number of esters is 1. The van der Waals surface area contributed by atoms with Crippen molar-refractivity contribution in [3.05, 3.63) is 53.3 Å². The van der Waals surface area contributed by atoms with E-state index in [4.69, 9.17) is 9.47 Å². The van der Waals surface area contributed by atoms with Gasteiger partial charge < -0.3 is 14.8 Å². The fourth-order valence-corrected chi connectivity index (χ4v) is 3.88. The molecule has 0 saturated carbocycles. The number of hydrogen-bond donors (Lipinski definition) is 1. The highest BCUT2D eigenvalue weighted by molar-refractivity contribution is 7.90. The van der Waals surface area contributed by atoms with E-state index < -0.39 is 27.7 Å². The molecule has 1 aromatic carbocycles. The third-order valence-corrected chi connectivity index (χ3v) is 5.49. The third kappa shape index (κ3) is 5.60. The molecule has 0 unspecified atom stereocenters. The molecule has 0 atom stereocenters. The van der Waals surface area contributed by atoms with Crippen LogP contribution in [0, 0.1) is 6.92 Å². The van der Waals surface area contributed by atoms with Gasteiger partial charge in [-0.2, -0.15) is 0 Å². The van der Waals surface area contributed by atoms with Gasteiger partial charge in [0.05, 0.1) is 11.5 Å². The van der Waals surface area contributed by atoms with E-state index in [1.54, 1.807) is 39.8 Å². The summed E-state index contributed by atoms with van der Waals surface area (Å²) in [6.45, 7) is 8.62. The third-order valence-electron chi connectivity index (χ3n) is 3.80. The number of carbonyl (C=O) groups excluding carboxylic acids is 2. The minimum atomic E-state index is -4.02. The first-order chi connectivity index (χ1) is 13.5. The van der Waals surface area contributed by atoms with Crippen LogP contribution >= 0.6 is 0 Å². The van der Waals surface area contributed by atoms with Crippen LogP contribution in [0.15, 0.2) is 41.4 Å². The van der Waals surface area contributed by atoms with Crippen LogP contribution in [-0.4, -0.2) is 36.7 Å². The van der Waals surface area contributed by atoms with Gasteiger partial charge in [0, 0.05) is 18.3 Å². The minimum Gasteiger partial charge on any atom is -0.461 e. The Morgan fingerprint density at radius 1 is 1.10 bits per heavy atom. The lowest BCUT2D eigenvalue weighted by atomic mass is 10.2. The zero-order valence-electron chi connectivity index (χ0n) is 17.2. The van der Waals surface area contributed by atoms with Gasteiger partial charge in [-0.05, 0) is 52.8 Å². The standard InChI is InChI=1S/C20H26N2O6S/c1-6-27-18(23)17-15(13-21-19(24)28-20(3,4)5)11-12-22(17)29(25,26)16-9-7-14(2)8-10-16/h7-12H,6,13H2,1-5H3,(H,21,24). The van der Waals surface area contributed by atoms with Gasteiger partial charge >= 0.3 is 12.1 Å². The predicted molar refractivity (Wildman–Crippen MR) is 107 cm³/mol. The van der Waals surface area contributed by atoms with Crippen molar-refractivity contribution in [2.45, 2.75) is 51.7 Å². The van der Waals surface area contributed by atoms with Crippen LogP contribution in [0.4, 0.5) is 4.79 Å². The van der Waals surface area contributed by atoms with Crippen LogP contribution in [0.25, 0.3) is 0 Å². The number of nitrogens with zero attached hydrogens (tertiary/aromatic N) is 1. The van der Waals surface area contributed by atoms with Crippen molar-refractivity contribution in [3.8, 4) is 0 Å². The Balaban J connectivity index is 2.40. The number of benzene rings is 1. The molecule has 2 aromatic rings. The van der Waals surface area contributed by atoms with Gasteiger partial charge in [0.2, 0.25) is 0 Å². The van der Waals surface area contributed by atoms with Crippen molar-refractivity contribution in [1.29, 1.82) is 0 Å².